The van der Waals surface area contributed by atoms with Gasteiger partial charge < -0.3 is 19.9 Å². The highest BCUT2D eigenvalue weighted by molar-refractivity contribution is 5.78. The normalized spacial score (nSPS) is 15.3. The molecule has 1 aliphatic heterocycles. The van der Waals surface area contributed by atoms with E-state index in [9.17, 15) is 9.90 Å². The number of carbonyl (C=O) groups is 1. The third-order valence-corrected chi connectivity index (χ3v) is 5.08. The van der Waals surface area contributed by atoms with Gasteiger partial charge in [0.1, 0.15) is 17.6 Å². The smallest absolute Gasteiger partial charge is 0.223 e. The standard InChI is InChI=1S/C22H23N5O3/c1-15(28)22-24-8-10-27(22)14-19-11-20(30-25-19)17-6-4-16(5-7-17)3-2-9-26-12-18(13-26)21(23)29/h4-8,10-11,15,18,28H,9,12-14H2,1H3,(H2,23,29)/t15-/m0/s1. The lowest BCUT2D eigenvalue weighted by Crippen LogP contribution is -2.52. The maximum atomic E-state index is 11.0. The molecule has 1 saturated heterocycles. The van der Waals surface area contributed by atoms with Crippen LogP contribution in [0.4, 0.5) is 0 Å². The first-order valence-electron chi connectivity index (χ1n) is 9.75. The minimum absolute atomic E-state index is 0.0368. The zero-order valence-electron chi connectivity index (χ0n) is 16.7. The van der Waals surface area contributed by atoms with E-state index in [1.165, 1.54) is 0 Å². The number of aromatic nitrogens is 3. The minimum Gasteiger partial charge on any atom is -0.385 e. The Morgan fingerprint density at radius 1 is 1.37 bits per heavy atom. The van der Waals surface area contributed by atoms with Crippen LogP contribution in [0.25, 0.3) is 11.3 Å². The Labute approximate surface area is 174 Å². The van der Waals surface area contributed by atoms with Crippen LogP contribution >= 0.6 is 0 Å². The first kappa shape index (κ1) is 19.9. The van der Waals surface area contributed by atoms with Crippen LogP contribution in [-0.4, -0.2) is 50.3 Å². The van der Waals surface area contributed by atoms with E-state index in [2.05, 4.69) is 26.9 Å². The molecule has 30 heavy (non-hydrogen) atoms. The lowest BCUT2D eigenvalue weighted by molar-refractivity contribution is -0.126. The summed E-state index contributed by atoms with van der Waals surface area (Å²) in [5.74, 6) is 7.24. The summed E-state index contributed by atoms with van der Waals surface area (Å²) in [4.78, 5) is 17.3. The van der Waals surface area contributed by atoms with Crippen molar-refractivity contribution >= 4 is 5.91 Å². The minimum atomic E-state index is -0.648. The molecular weight excluding hydrogens is 382 g/mol. The van der Waals surface area contributed by atoms with E-state index in [4.69, 9.17) is 10.3 Å². The molecule has 1 aliphatic rings. The van der Waals surface area contributed by atoms with Gasteiger partial charge in [0, 0.05) is 42.7 Å². The van der Waals surface area contributed by atoms with E-state index in [1.807, 2.05) is 34.9 Å². The van der Waals surface area contributed by atoms with Crippen molar-refractivity contribution in [2.24, 2.45) is 11.7 Å². The van der Waals surface area contributed by atoms with E-state index in [0.29, 0.717) is 37.8 Å². The SMILES string of the molecule is C[C@H](O)c1nccn1Cc1cc(-c2ccc(C#CCN3CC(C(N)=O)C3)cc2)on1. The summed E-state index contributed by atoms with van der Waals surface area (Å²) < 4.78 is 7.32. The molecule has 4 rings (SSSR count). The van der Waals surface area contributed by atoms with E-state index >= 15 is 0 Å². The van der Waals surface area contributed by atoms with Crippen molar-refractivity contribution in [3.8, 4) is 23.2 Å². The first-order valence-corrected chi connectivity index (χ1v) is 9.75. The Morgan fingerprint density at radius 3 is 2.83 bits per heavy atom. The van der Waals surface area contributed by atoms with Crippen molar-refractivity contribution in [3.05, 3.63) is 59.8 Å². The van der Waals surface area contributed by atoms with Gasteiger partial charge in [-0.2, -0.15) is 0 Å². The summed E-state index contributed by atoms with van der Waals surface area (Å²) >= 11 is 0. The van der Waals surface area contributed by atoms with E-state index < -0.39 is 6.10 Å². The Balaban J connectivity index is 1.35. The molecule has 3 N–H and O–H groups in total. The van der Waals surface area contributed by atoms with Gasteiger partial charge in [-0.05, 0) is 31.2 Å². The van der Waals surface area contributed by atoms with Crippen LogP contribution in [0.1, 0.15) is 30.1 Å². The maximum absolute atomic E-state index is 11.0. The zero-order chi connectivity index (χ0) is 21.1. The van der Waals surface area contributed by atoms with Gasteiger partial charge in [0.2, 0.25) is 5.91 Å². The molecule has 1 aromatic carbocycles. The highest BCUT2D eigenvalue weighted by Gasteiger charge is 2.29. The van der Waals surface area contributed by atoms with Gasteiger partial charge in [0.25, 0.3) is 0 Å². The number of aliphatic hydroxyl groups is 1. The molecule has 154 valence electrons. The molecule has 0 unspecified atom stereocenters. The molecule has 8 nitrogen and oxygen atoms in total. The Hall–Kier alpha value is -3.41. The third kappa shape index (κ3) is 4.43. The fraction of sp³-hybridized carbons (Fsp3) is 0.318. The van der Waals surface area contributed by atoms with Crippen molar-refractivity contribution in [3.63, 3.8) is 0 Å². The van der Waals surface area contributed by atoms with Crippen LogP contribution in [0, 0.1) is 17.8 Å². The van der Waals surface area contributed by atoms with Crippen LogP contribution in [0.5, 0.6) is 0 Å². The number of amides is 1. The molecule has 3 heterocycles. The van der Waals surface area contributed by atoms with Gasteiger partial charge >= 0.3 is 0 Å². The lowest BCUT2D eigenvalue weighted by Gasteiger charge is -2.35. The number of aliphatic hydroxyl groups excluding tert-OH is 1. The molecule has 0 bridgehead atoms. The number of primary amides is 1. The number of nitrogens with zero attached hydrogens (tertiary/aromatic N) is 4. The molecule has 1 fully saturated rings. The van der Waals surface area contributed by atoms with Gasteiger partial charge in [-0.1, -0.05) is 17.0 Å². The zero-order valence-corrected chi connectivity index (χ0v) is 16.7. The highest BCUT2D eigenvalue weighted by Crippen LogP contribution is 2.22. The molecule has 1 amide bonds. The number of imidazole rings is 1. The molecule has 1 atom stereocenters. The van der Waals surface area contributed by atoms with Crippen LogP contribution in [-0.2, 0) is 11.3 Å². The molecule has 0 radical (unpaired) electrons. The van der Waals surface area contributed by atoms with Gasteiger partial charge in [0.05, 0.1) is 19.0 Å². The summed E-state index contributed by atoms with van der Waals surface area (Å²) in [6.45, 7) is 4.15. The van der Waals surface area contributed by atoms with Gasteiger partial charge in [-0.15, -0.1) is 0 Å². The predicted octanol–water partition coefficient (Wildman–Crippen LogP) is 1.41. The van der Waals surface area contributed by atoms with Crippen molar-refractivity contribution in [2.45, 2.75) is 19.6 Å². The van der Waals surface area contributed by atoms with Crippen molar-refractivity contribution in [2.75, 3.05) is 19.6 Å². The third-order valence-electron chi connectivity index (χ3n) is 5.08. The molecule has 0 saturated carbocycles. The number of hydrogen-bond donors (Lipinski definition) is 2. The fourth-order valence-corrected chi connectivity index (χ4v) is 3.37. The molecular formula is C22H23N5O3. The topological polar surface area (TPSA) is 110 Å². The summed E-state index contributed by atoms with van der Waals surface area (Å²) in [5.41, 5.74) is 7.83. The maximum Gasteiger partial charge on any atom is 0.223 e. The summed E-state index contributed by atoms with van der Waals surface area (Å²) in [6, 6.07) is 9.65. The van der Waals surface area contributed by atoms with Crippen LogP contribution in [0.15, 0.2) is 47.2 Å². The van der Waals surface area contributed by atoms with Crippen molar-refractivity contribution < 1.29 is 14.4 Å². The van der Waals surface area contributed by atoms with E-state index in [1.54, 1.807) is 19.3 Å². The summed E-state index contributed by atoms with van der Waals surface area (Å²) in [5, 5.41) is 13.9. The van der Waals surface area contributed by atoms with Gasteiger partial charge in [0.15, 0.2) is 5.76 Å². The number of benzene rings is 1. The van der Waals surface area contributed by atoms with Crippen molar-refractivity contribution in [1.82, 2.24) is 19.6 Å². The van der Waals surface area contributed by atoms with Gasteiger partial charge in [-0.3, -0.25) is 9.69 Å². The summed E-state index contributed by atoms with van der Waals surface area (Å²) in [6.07, 6.45) is 2.81. The Bertz CT molecular complexity index is 1080. The number of likely N-dealkylation sites (tertiary alicyclic amines) is 1. The van der Waals surface area contributed by atoms with Crippen molar-refractivity contribution in [1.29, 1.82) is 0 Å². The molecule has 0 spiro atoms. The molecule has 0 aliphatic carbocycles. The second-order valence-electron chi connectivity index (χ2n) is 7.44. The number of nitrogens with two attached hydrogens (primary N) is 1. The predicted molar refractivity (Wildman–Crippen MR) is 110 cm³/mol. The number of hydrogen-bond acceptors (Lipinski definition) is 6. The van der Waals surface area contributed by atoms with Crippen LogP contribution < -0.4 is 5.73 Å². The van der Waals surface area contributed by atoms with Gasteiger partial charge in [-0.25, -0.2) is 4.98 Å². The van der Waals surface area contributed by atoms with Crippen LogP contribution in [0.2, 0.25) is 0 Å². The first-order chi connectivity index (χ1) is 14.5. The Kier molecular flexibility index (Phi) is 5.65. The lowest BCUT2D eigenvalue weighted by atomic mass is 10.00. The molecule has 2 aromatic heterocycles. The van der Waals surface area contributed by atoms with E-state index in [-0.39, 0.29) is 11.8 Å². The second kappa shape index (κ2) is 8.53. The quantitative estimate of drug-likeness (QED) is 0.600. The fourth-order valence-electron chi connectivity index (χ4n) is 3.37. The largest absolute Gasteiger partial charge is 0.385 e. The second-order valence-corrected chi connectivity index (χ2v) is 7.44. The molecule has 8 heteroatoms. The number of carbonyl (C=O) groups excluding carboxylic acids is 1. The monoisotopic (exact) mass is 405 g/mol. The number of rotatable bonds is 6. The average Bonchev–Trinajstić information content (AvgIpc) is 3.34. The molecule has 3 aromatic rings. The van der Waals surface area contributed by atoms with E-state index in [0.717, 1.165) is 16.8 Å². The average molecular weight is 405 g/mol. The van der Waals surface area contributed by atoms with Crippen LogP contribution in [0.3, 0.4) is 0 Å². The Morgan fingerprint density at radius 2 is 2.13 bits per heavy atom. The highest BCUT2D eigenvalue weighted by atomic mass is 16.5. The summed E-state index contributed by atoms with van der Waals surface area (Å²) in [7, 11) is 0.